The minimum absolute atomic E-state index is 0.0238. The standard InChI is InChI=1S/C15H23FN2O2/c1-6-20-14(19)10-7-13(11(16)8-12(10)17)18-9(2)15(3,4)5/h7-9,18H,6,17H2,1-5H3. The summed E-state index contributed by atoms with van der Waals surface area (Å²) >= 11 is 0. The normalized spacial score (nSPS) is 12.9. The summed E-state index contributed by atoms with van der Waals surface area (Å²) in [7, 11) is 0. The van der Waals surface area contributed by atoms with Crippen molar-refractivity contribution >= 4 is 17.3 Å². The van der Waals surface area contributed by atoms with Crippen LogP contribution in [0.2, 0.25) is 0 Å². The molecule has 0 fully saturated rings. The molecule has 1 aromatic carbocycles. The number of esters is 1. The maximum Gasteiger partial charge on any atom is 0.340 e. The monoisotopic (exact) mass is 282 g/mol. The smallest absolute Gasteiger partial charge is 0.340 e. The summed E-state index contributed by atoms with van der Waals surface area (Å²) in [5.41, 5.74) is 6.14. The molecule has 0 aliphatic rings. The minimum Gasteiger partial charge on any atom is -0.462 e. The number of ether oxygens (including phenoxy) is 1. The van der Waals surface area contributed by atoms with E-state index in [4.69, 9.17) is 10.5 Å². The number of rotatable bonds is 4. The molecule has 0 aromatic heterocycles. The third kappa shape index (κ3) is 3.85. The van der Waals surface area contributed by atoms with Crippen molar-refractivity contribution in [3.8, 4) is 0 Å². The van der Waals surface area contributed by atoms with Gasteiger partial charge in [0, 0.05) is 11.7 Å². The topological polar surface area (TPSA) is 64.3 Å². The molecule has 0 radical (unpaired) electrons. The largest absolute Gasteiger partial charge is 0.462 e. The van der Waals surface area contributed by atoms with Crippen LogP contribution in [0.25, 0.3) is 0 Å². The number of nitrogen functional groups attached to an aromatic ring is 1. The van der Waals surface area contributed by atoms with E-state index in [2.05, 4.69) is 5.32 Å². The fourth-order valence-electron chi connectivity index (χ4n) is 1.53. The van der Waals surface area contributed by atoms with Crippen molar-refractivity contribution in [1.82, 2.24) is 0 Å². The molecule has 0 amide bonds. The molecule has 1 aromatic rings. The lowest BCUT2D eigenvalue weighted by Crippen LogP contribution is -2.31. The molecule has 0 aliphatic carbocycles. The van der Waals surface area contributed by atoms with Crippen LogP contribution in [0.3, 0.4) is 0 Å². The van der Waals surface area contributed by atoms with Gasteiger partial charge in [0.05, 0.1) is 17.9 Å². The Balaban J connectivity index is 3.09. The summed E-state index contributed by atoms with van der Waals surface area (Å²) in [6, 6.07) is 2.57. The van der Waals surface area contributed by atoms with Crippen LogP contribution < -0.4 is 11.1 Å². The molecule has 1 rings (SSSR count). The van der Waals surface area contributed by atoms with E-state index in [1.165, 1.54) is 6.07 Å². The van der Waals surface area contributed by atoms with E-state index in [9.17, 15) is 9.18 Å². The zero-order valence-corrected chi connectivity index (χ0v) is 12.7. The first kappa shape index (κ1) is 16.3. The maximum atomic E-state index is 13.9. The highest BCUT2D eigenvalue weighted by molar-refractivity contribution is 5.96. The second kappa shape index (κ2) is 6.11. The van der Waals surface area contributed by atoms with Crippen LogP contribution in [0.5, 0.6) is 0 Å². The number of halogens is 1. The van der Waals surface area contributed by atoms with Crippen molar-refractivity contribution in [2.24, 2.45) is 5.41 Å². The average molecular weight is 282 g/mol. The highest BCUT2D eigenvalue weighted by atomic mass is 19.1. The molecule has 0 aliphatic heterocycles. The molecule has 0 heterocycles. The van der Waals surface area contributed by atoms with Crippen LogP contribution in [0.4, 0.5) is 15.8 Å². The van der Waals surface area contributed by atoms with Gasteiger partial charge >= 0.3 is 5.97 Å². The first-order valence-electron chi connectivity index (χ1n) is 6.69. The first-order valence-corrected chi connectivity index (χ1v) is 6.69. The Labute approximate surface area is 119 Å². The van der Waals surface area contributed by atoms with Crippen molar-refractivity contribution in [1.29, 1.82) is 0 Å². The summed E-state index contributed by atoms with van der Waals surface area (Å²) in [4.78, 5) is 11.8. The zero-order chi connectivity index (χ0) is 15.5. The van der Waals surface area contributed by atoms with Gasteiger partial charge in [-0.05, 0) is 31.4 Å². The van der Waals surface area contributed by atoms with Gasteiger partial charge in [0.1, 0.15) is 5.82 Å². The zero-order valence-electron chi connectivity index (χ0n) is 12.7. The molecule has 0 spiro atoms. The van der Waals surface area contributed by atoms with E-state index >= 15 is 0 Å². The van der Waals surface area contributed by atoms with Gasteiger partial charge in [-0.15, -0.1) is 0 Å². The van der Waals surface area contributed by atoms with E-state index in [1.54, 1.807) is 6.92 Å². The van der Waals surface area contributed by atoms with Crippen molar-refractivity contribution < 1.29 is 13.9 Å². The third-order valence-corrected chi connectivity index (χ3v) is 3.31. The Hall–Kier alpha value is -1.78. The Kier molecular flexibility index (Phi) is 4.98. The third-order valence-electron chi connectivity index (χ3n) is 3.31. The quantitative estimate of drug-likeness (QED) is 0.656. The number of nitrogens with two attached hydrogens (primary N) is 1. The maximum absolute atomic E-state index is 13.9. The van der Waals surface area contributed by atoms with Gasteiger partial charge in [-0.25, -0.2) is 9.18 Å². The van der Waals surface area contributed by atoms with Crippen LogP contribution in [-0.2, 0) is 4.74 Å². The van der Waals surface area contributed by atoms with Gasteiger partial charge in [-0.2, -0.15) is 0 Å². The average Bonchev–Trinajstić information content (AvgIpc) is 2.31. The predicted molar refractivity (Wildman–Crippen MR) is 79.3 cm³/mol. The van der Waals surface area contributed by atoms with Crippen LogP contribution in [0.15, 0.2) is 12.1 Å². The lowest BCUT2D eigenvalue weighted by Gasteiger charge is -2.29. The Bertz CT molecular complexity index is 495. The fourth-order valence-corrected chi connectivity index (χ4v) is 1.53. The molecular formula is C15H23FN2O2. The molecule has 0 saturated carbocycles. The lowest BCUT2D eigenvalue weighted by molar-refractivity contribution is 0.0527. The number of hydrogen-bond acceptors (Lipinski definition) is 4. The van der Waals surface area contributed by atoms with Crippen molar-refractivity contribution in [3.63, 3.8) is 0 Å². The van der Waals surface area contributed by atoms with Crippen LogP contribution in [-0.4, -0.2) is 18.6 Å². The van der Waals surface area contributed by atoms with Gasteiger partial charge in [-0.3, -0.25) is 0 Å². The highest BCUT2D eigenvalue weighted by Gasteiger charge is 2.22. The van der Waals surface area contributed by atoms with Crippen molar-refractivity contribution in [2.75, 3.05) is 17.7 Å². The summed E-state index contributed by atoms with van der Waals surface area (Å²) in [6.07, 6.45) is 0. The first-order chi connectivity index (χ1) is 9.16. The predicted octanol–water partition coefficient (Wildman–Crippen LogP) is 3.43. The van der Waals surface area contributed by atoms with E-state index in [0.29, 0.717) is 0 Å². The Morgan fingerprint density at radius 3 is 2.55 bits per heavy atom. The number of hydrogen-bond donors (Lipinski definition) is 2. The summed E-state index contributed by atoms with van der Waals surface area (Å²) in [6.45, 7) is 10.1. The Morgan fingerprint density at radius 2 is 2.05 bits per heavy atom. The molecule has 0 saturated heterocycles. The van der Waals surface area contributed by atoms with E-state index in [1.807, 2.05) is 27.7 Å². The fraction of sp³-hybridized carbons (Fsp3) is 0.533. The molecular weight excluding hydrogens is 259 g/mol. The van der Waals surface area contributed by atoms with Crippen LogP contribution >= 0.6 is 0 Å². The van der Waals surface area contributed by atoms with Gasteiger partial charge in [0.15, 0.2) is 0 Å². The number of benzene rings is 1. The van der Waals surface area contributed by atoms with E-state index in [0.717, 1.165) is 6.07 Å². The molecule has 0 bridgehead atoms. The van der Waals surface area contributed by atoms with E-state index < -0.39 is 11.8 Å². The molecule has 1 unspecified atom stereocenters. The molecule has 3 N–H and O–H groups in total. The van der Waals surface area contributed by atoms with E-state index in [-0.39, 0.29) is 35.0 Å². The SMILES string of the molecule is CCOC(=O)c1cc(NC(C)C(C)(C)C)c(F)cc1N. The summed E-state index contributed by atoms with van der Waals surface area (Å²) < 4.78 is 18.8. The Morgan fingerprint density at radius 1 is 1.45 bits per heavy atom. The number of carbonyl (C=O) groups excluding carboxylic acids is 1. The lowest BCUT2D eigenvalue weighted by atomic mass is 9.88. The molecule has 112 valence electrons. The number of carbonyl (C=O) groups is 1. The summed E-state index contributed by atoms with van der Waals surface area (Å²) in [5.74, 6) is -1.02. The van der Waals surface area contributed by atoms with Crippen LogP contribution in [0, 0.1) is 11.2 Å². The summed E-state index contributed by atoms with van der Waals surface area (Å²) in [5, 5.41) is 3.08. The number of nitrogens with one attached hydrogen (secondary N) is 1. The molecule has 4 nitrogen and oxygen atoms in total. The van der Waals surface area contributed by atoms with Gasteiger partial charge < -0.3 is 15.8 Å². The molecule has 20 heavy (non-hydrogen) atoms. The second-order valence-corrected chi connectivity index (χ2v) is 5.87. The molecule has 1 atom stereocenters. The van der Waals surface area contributed by atoms with Crippen molar-refractivity contribution in [2.45, 2.75) is 40.7 Å². The minimum atomic E-state index is -0.545. The van der Waals surface area contributed by atoms with Gasteiger partial charge in [-0.1, -0.05) is 20.8 Å². The van der Waals surface area contributed by atoms with Crippen molar-refractivity contribution in [3.05, 3.63) is 23.5 Å². The van der Waals surface area contributed by atoms with Gasteiger partial charge in [0.25, 0.3) is 0 Å². The highest BCUT2D eigenvalue weighted by Crippen LogP contribution is 2.27. The van der Waals surface area contributed by atoms with Crippen LogP contribution in [0.1, 0.15) is 45.0 Å². The second-order valence-electron chi connectivity index (χ2n) is 5.87. The number of anilines is 2. The molecule has 5 heteroatoms. The van der Waals surface area contributed by atoms with Gasteiger partial charge in [0.2, 0.25) is 0 Å².